The molecule has 106 valence electrons. The van der Waals surface area contributed by atoms with E-state index in [1.54, 1.807) is 7.11 Å². The van der Waals surface area contributed by atoms with Crippen LogP contribution < -0.4 is 5.73 Å². The summed E-state index contributed by atoms with van der Waals surface area (Å²) in [6, 6.07) is 8.02. The number of ether oxygens (including phenoxy) is 1. The number of nitrogens with zero attached hydrogens (tertiary/aromatic N) is 2. The first-order valence-electron chi connectivity index (χ1n) is 6.75. The van der Waals surface area contributed by atoms with Crippen molar-refractivity contribution >= 4 is 5.82 Å². The number of nitrogens with two attached hydrogens (primary N) is 1. The van der Waals surface area contributed by atoms with Gasteiger partial charge in [-0.15, -0.1) is 0 Å². The van der Waals surface area contributed by atoms with Crippen LogP contribution in [0, 0.1) is 6.92 Å². The van der Waals surface area contributed by atoms with Crippen LogP contribution in [0.25, 0.3) is 11.4 Å². The van der Waals surface area contributed by atoms with Crippen molar-refractivity contribution in [2.75, 3.05) is 12.8 Å². The Morgan fingerprint density at radius 2 is 2.00 bits per heavy atom. The highest BCUT2D eigenvalue weighted by Crippen LogP contribution is 2.26. The number of benzene rings is 1. The van der Waals surface area contributed by atoms with E-state index in [2.05, 4.69) is 23.8 Å². The lowest BCUT2D eigenvalue weighted by molar-refractivity contribution is 0.185. The summed E-state index contributed by atoms with van der Waals surface area (Å²) in [5.74, 6) is 1.56. The fourth-order valence-corrected chi connectivity index (χ4v) is 2.41. The molecule has 0 unspecified atom stereocenters. The summed E-state index contributed by atoms with van der Waals surface area (Å²) in [5.41, 5.74) is 10.1. The lowest BCUT2D eigenvalue weighted by Gasteiger charge is -2.13. The van der Waals surface area contributed by atoms with E-state index >= 15 is 0 Å². The first-order chi connectivity index (χ1) is 9.52. The van der Waals surface area contributed by atoms with Crippen LogP contribution in [-0.2, 0) is 11.3 Å². The molecule has 4 nitrogen and oxygen atoms in total. The van der Waals surface area contributed by atoms with Crippen LogP contribution in [0.1, 0.15) is 36.6 Å². The Hall–Kier alpha value is -1.94. The Morgan fingerprint density at radius 1 is 1.25 bits per heavy atom. The third-order valence-corrected chi connectivity index (χ3v) is 3.24. The van der Waals surface area contributed by atoms with Crippen LogP contribution in [0.3, 0.4) is 0 Å². The fraction of sp³-hybridized carbons (Fsp3) is 0.375. The van der Waals surface area contributed by atoms with Gasteiger partial charge in [0, 0.05) is 23.9 Å². The summed E-state index contributed by atoms with van der Waals surface area (Å²) < 4.78 is 5.15. The largest absolute Gasteiger partial charge is 0.383 e. The van der Waals surface area contributed by atoms with Gasteiger partial charge in [0.05, 0.1) is 6.61 Å². The SMILES string of the molecule is COCc1cccc(-c2nc(C)c(C(C)C)c(N)n2)c1. The molecular formula is C16H21N3O. The highest BCUT2D eigenvalue weighted by atomic mass is 16.5. The molecule has 4 heteroatoms. The maximum atomic E-state index is 6.08. The maximum Gasteiger partial charge on any atom is 0.161 e. The van der Waals surface area contributed by atoms with Gasteiger partial charge in [0.2, 0.25) is 0 Å². The van der Waals surface area contributed by atoms with Crippen molar-refractivity contribution in [3.63, 3.8) is 0 Å². The van der Waals surface area contributed by atoms with Crippen LogP contribution in [0.2, 0.25) is 0 Å². The molecule has 0 aliphatic rings. The van der Waals surface area contributed by atoms with Gasteiger partial charge >= 0.3 is 0 Å². The Balaban J connectivity index is 2.46. The Morgan fingerprint density at radius 3 is 2.60 bits per heavy atom. The number of hydrogen-bond donors (Lipinski definition) is 1. The van der Waals surface area contributed by atoms with E-state index in [0.717, 1.165) is 22.4 Å². The molecule has 0 aliphatic carbocycles. The molecule has 2 aromatic rings. The first-order valence-corrected chi connectivity index (χ1v) is 6.75. The van der Waals surface area contributed by atoms with Crippen LogP contribution in [0.15, 0.2) is 24.3 Å². The van der Waals surface area contributed by atoms with Gasteiger partial charge < -0.3 is 10.5 Å². The zero-order chi connectivity index (χ0) is 14.7. The summed E-state index contributed by atoms with van der Waals surface area (Å²) in [6.45, 7) is 6.75. The van der Waals surface area contributed by atoms with Crippen molar-refractivity contribution in [2.45, 2.75) is 33.3 Å². The molecule has 0 radical (unpaired) electrons. The van der Waals surface area contributed by atoms with Crippen molar-refractivity contribution in [3.8, 4) is 11.4 Å². The van der Waals surface area contributed by atoms with Crippen LogP contribution in [0.5, 0.6) is 0 Å². The molecule has 1 heterocycles. The van der Waals surface area contributed by atoms with Gasteiger partial charge in [0.15, 0.2) is 5.82 Å². The van der Waals surface area contributed by atoms with Crippen molar-refractivity contribution in [3.05, 3.63) is 41.1 Å². The highest BCUT2D eigenvalue weighted by Gasteiger charge is 2.13. The molecule has 0 saturated heterocycles. The number of anilines is 1. The monoisotopic (exact) mass is 271 g/mol. The Kier molecular flexibility index (Phi) is 4.35. The molecule has 1 aromatic carbocycles. The van der Waals surface area contributed by atoms with E-state index in [1.165, 1.54) is 0 Å². The third kappa shape index (κ3) is 2.96. The fourth-order valence-electron chi connectivity index (χ4n) is 2.41. The second kappa shape index (κ2) is 6.01. The van der Waals surface area contributed by atoms with Gasteiger partial charge in [-0.25, -0.2) is 9.97 Å². The molecule has 0 aliphatic heterocycles. The van der Waals surface area contributed by atoms with Crippen molar-refractivity contribution in [1.82, 2.24) is 9.97 Å². The standard InChI is InChI=1S/C16H21N3O/c1-10(2)14-11(3)18-16(19-15(14)17)13-7-5-6-12(8-13)9-20-4/h5-8,10H,9H2,1-4H3,(H2,17,18,19). The Bertz CT molecular complexity index is 585. The molecule has 0 atom stereocenters. The second-order valence-corrected chi connectivity index (χ2v) is 5.22. The normalized spacial score (nSPS) is 11.1. The molecule has 0 bridgehead atoms. The van der Waals surface area contributed by atoms with E-state index in [-0.39, 0.29) is 0 Å². The second-order valence-electron chi connectivity index (χ2n) is 5.22. The smallest absolute Gasteiger partial charge is 0.161 e. The molecule has 2 N–H and O–H groups in total. The van der Waals surface area contributed by atoms with E-state index in [1.807, 2.05) is 31.2 Å². The van der Waals surface area contributed by atoms with Crippen molar-refractivity contribution in [1.29, 1.82) is 0 Å². The summed E-state index contributed by atoms with van der Waals surface area (Å²) in [4.78, 5) is 9.05. The molecule has 0 saturated carbocycles. The van der Waals surface area contributed by atoms with Gasteiger partial charge in [-0.05, 0) is 24.5 Å². The van der Waals surface area contributed by atoms with Gasteiger partial charge in [-0.3, -0.25) is 0 Å². The minimum absolute atomic E-state index is 0.323. The molecule has 2 rings (SSSR count). The van der Waals surface area contributed by atoms with Gasteiger partial charge in [-0.2, -0.15) is 0 Å². The predicted octanol–water partition coefficient (Wildman–Crippen LogP) is 3.30. The lowest BCUT2D eigenvalue weighted by atomic mass is 10.0. The number of rotatable bonds is 4. The maximum absolute atomic E-state index is 6.08. The van der Waals surface area contributed by atoms with E-state index in [9.17, 15) is 0 Å². The number of aromatic nitrogens is 2. The zero-order valence-electron chi connectivity index (χ0n) is 12.5. The number of methoxy groups -OCH3 is 1. The van der Waals surface area contributed by atoms with Gasteiger partial charge in [0.1, 0.15) is 5.82 Å². The molecular weight excluding hydrogens is 250 g/mol. The summed E-state index contributed by atoms with van der Waals surface area (Å²) in [7, 11) is 1.68. The van der Waals surface area contributed by atoms with E-state index in [0.29, 0.717) is 24.2 Å². The third-order valence-electron chi connectivity index (χ3n) is 3.24. The Labute approximate surface area is 120 Å². The average Bonchev–Trinajstić information content (AvgIpc) is 2.38. The molecule has 20 heavy (non-hydrogen) atoms. The first kappa shape index (κ1) is 14.5. The molecule has 0 fully saturated rings. The minimum atomic E-state index is 0.323. The number of hydrogen-bond acceptors (Lipinski definition) is 4. The van der Waals surface area contributed by atoms with Gasteiger partial charge in [-0.1, -0.05) is 32.0 Å². The molecule has 0 amide bonds. The van der Waals surface area contributed by atoms with E-state index in [4.69, 9.17) is 10.5 Å². The average molecular weight is 271 g/mol. The molecule has 0 spiro atoms. The number of nitrogen functional groups attached to an aromatic ring is 1. The molecule has 1 aromatic heterocycles. The minimum Gasteiger partial charge on any atom is -0.383 e. The number of aryl methyl sites for hydroxylation is 1. The summed E-state index contributed by atoms with van der Waals surface area (Å²) >= 11 is 0. The summed E-state index contributed by atoms with van der Waals surface area (Å²) in [5, 5.41) is 0. The van der Waals surface area contributed by atoms with Crippen molar-refractivity contribution < 1.29 is 4.74 Å². The van der Waals surface area contributed by atoms with Crippen LogP contribution in [0.4, 0.5) is 5.82 Å². The highest BCUT2D eigenvalue weighted by molar-refractivity contribution is 5.60. The van der Waals surface area contributed by atoms with Crippen molar-refractivity contribution in [2.24, 2.45) is 0 Å². The predicted molar refractivity (Wildman–Crippen MR) is 81.4 cm³/mol. The van der Waals surface area contributed by atoms with Crippen LogP contribution >= 0.6 is 0 Å². The lowest BCUT2D eigenvalue weighted by Crippen LogP contribution is -2.06. The van der Waals surface area contributed by atoms with E-state index < -0.39 is 0 Å². The quantitative estimate of drug-likeness (QED) is 0.926. The summed E-state index contributed by atoms with van der Waals surface area (Å²) in [6.07, 6.45) is 0. The van der Waals surface area contributed by atoms with Crippen LogP contribution in [-0.4, -0.2) is 17.1 Å². The zero-order valence-corrected chi connectivity index (χ0v) is 12.5. The topological polar surface area (TPSA) is 61.0 Å². The van der Waals surface area contributed by atoms with Gasteiger partial charge in [0.25, 0.3) is 0 Å².